The van der Waals surface area contributed by atoms with Crippen LogP contribution in [0.1, 0.15) is 47.3 Å². The fourth-order valence-corrected chi connectivity index (χ4v) is 3.08. The van der Waals surface area contributed by atoms with E-state index in [1.165, 1.54) is 0 Å². The Bertz CT molecular complexity index is 719. The zero-order chi connectivity index (χ0) is 15.7. The van der Waals surface area contributed by atoms with Crippen molar-refractivity contribution in [2.75, 3.05) is 13.1 Å². The van der Waals surface area contributed by atoms with Gasteiger partial charge in [-0.3, -0.25) is 9.69 Å². The van der Waals surface area contributed by atoms with E-state index < -0.39 is 0 Å². The summed E-state index contributed by atoms with van der Waals surface area (Å²) < 4.78 is 5.09. The third kappa shape index (κ3) is 2.97. The Morgan fingerprint density at radius 3 is 2.95 bits per heavy atom. The molecule has 1 saturated heterocycles. The zero-order valence-electron chi connectivity index (χ0n) is 13.3. The topological polar surface area (TPSA) is 75.0 Å². The number of piperidine rings is 1. The first-order chi connectivity index (χ1) is 10.5. The van der Waals surface area contributed by atoms with E-state index in [0.29, 0.717) is 11.8 Å². The largest absolute Gasteiger partial charge is 0.363 e. The SMILES string of the molecule is Cc1nc(C2CCCN(Cc3[nH]cc(C)c(=O)c3C)C2)no1. The Morgan fingerprint density at radius 2 is 2.23 bits per heavy atom. The maximum atomic E-state index is 12.0. The van der Waals surface area contributed by atoms with Crippen LogP contribution in [0.15, 0.2) is 15.5 Å². The van der Waals surface area contributed by atoms with Crippen LogP contribution in [0, 0.1) is 20.8 Å². The van der Waals surface area contributed by atoms with Gasteiger partial charge in [-0.05, 0) is 33.2 Å². The Labute approximate surface area is 129 Å². The Kier molecular flexibility index (Phi) is 4.11. The lowest BCUT2D eigenvalue weighted by molar-refractivity contribution is 0.192. The van der Waals surface area contributed by atoms with E-state index >= 15 is 0 Å². The number of hydrogen-bond donors (Lipinski definition) is 1. The molecular formula is C16H22N4O2. The second kappa shape index (κ2) is 6.04. The van der Waals surface area contributed by atoms with E-state index in [4.69, 9.17) is 4.52 Å². The molecule has 2 aromatic heterocycles. The van der Waals surface area contributed by atoms with Gasteiger partial charge in [-0.1, -0.05) is 5.16 Å². The number of nitrogens with zero attached hydrogens (tertiary/aromatic N) is 3. The molecular weight excluding hydrogens is 280 g/mol. The summed E-state index contributed by atoms with van der Waals surface area (Å²) in [4.78, 5) is 22.0. The number of aryl methyl sites for hydroxylation is 2. The first-order valence-corrected chi connectivity index (χ1v) is 7.75. The summed E-state index contributed by atoms with van der Waals surface area (Å²) >= 11 is 0. The summed E-state index contributed by atoms with van der Waals surface area (Å²) in [5, 5.41) is 4.05. The van der Waals surface area contributed by atoms with Crippen LogP contribution in [-0.2, 0) is 6.54 Å². The molecule has 0 amide bonds. The number of likely N-dealkylation sites (tertiary alicyclic amines) is 1. The van der Waals surface area contributed by atoms with Crippen LogP contribution in [-0.4, -0.2) is 33.1 Å². The first-order valence-electron chi connectivity index (χ1n) is 7.75. The lowest BCUT2D eigenvalue weighted by atomic mass is 9.97. The van der Waals surface area contributed by atoms with Crippen molar-refractivity contribution in [3.63, 3.8) is 0 Å². The van der Waals surface area contributed by atoms with E-state index in [1.54, 1.807) is 6.20 Å². The molecule has 0 spiro atoms. The van der Waals surface area contributed by atoms with Gasteiger partial charge in [-0.25, -0.2) is 0 Å². The van der Waals surface area contributed by atoms with Crippen molar-refractivity contribution in [2.45, 2.75) is 46.1 Å². The molecule has 0 radical (unpaired) electrons. The van der Waals surface area contributed by atoms with Crippen LogP contribution in [0.4, 0.5) is 0 Å². The Balaban J connectivity index is 1.73. The maximum Gasteiger partial charge on any atom is 0.223 e. The summed E-state index contributed by atoms with van der Waals surface area (Å²) in [7, 11) is 0. The van der Waals surface area contributed by atoms with Crippen molar-refractivity contribution < 1.29 is 4.52 Å². The van der Waals surface area contributed by atoms with E-state index in [2.05, 4.69) is 20.0 Å². The minimum atomic E-state index is 0.135. The zero-order valence-corrected chi connectivity index (χ0v) is 13.3. The number of pyridine rings is 1. The van der Waals surface area contributed by atoms with Crippen LogP contribution in [0.3, 0.4) is 0 Å². The van der Waals surface area contributed by atoms with Gasteiger partial charge in [0.1, 0.15) is 0 Å². The average Bonchev–Trinajstić information content (AvgIpc) is 2.95. The molecule has 22 heavy (non-hydrogen) atoms. The van der Waals surface area contributed by atoms with Crippen LogP contribution < -0.4 is 5.43 Å². The van der Waals surface area contributed by atoms with Crippen molar-refractivity contribution in [3.8, 4) is 0 Å². The molecule has 0 aliphatic carbocycles. The number of aromatic amines is 1. The van der Waals surface area contributed by atoms with Gasteiger partial charge in [0.25, 0.3) is 0 Å². The van der Waals surface area contributed by atoms with Gasteiger partial charge < -0.3 is 9.51 Å². The van der Waals surface area contributed by atoms with Gasteiger partial charge in [-0.2, -0.15) is 4.98 Å². The van der Waals surface area contributed by atoms with Gasteiger partial charge in [-0.15, -0.1) is 0 Å². The van der Waals surface area contributed by atoms with Crippen molar-refractivity contribution in [1.29, 1.82) is 0 Å². The van der Waals surface area contributed by atoms with Crippen molar-refractivity contribution in [2.24, 2.45) is 0 Å². The third-order valence-corrected chi connectivity index (χ3v) is 4.41. The van der Waals surface area contributed by atoms with E-state index in [1.807, 2.05) is 20.8 Å². The van der Waals surface area contributed by atoms with E-state index in [-0.39, 0.29) is 5.43 Å². The molecule has 1 aliphatic heterocycles. The molecule has 0 bridgehead atoms. The van der Waals surface area contributed by atoms with Crippen molar-refractivity contribution >= 4 is 0 Å². The number of H-pyrrole nitrogens is 1. The van der Waals surface area contributed by atoms with Gasteiger partial charge in [0.2, 0.25) is 5.89 Å². The van der Waals surface area contributed by atoms with Gasteiger partial charge in [0.15, 0.2) is 11.3 Å². The number of rotatable bonds is 3. The Hall–Kier alpha value is -1.95. The number of nitrogens with one attached hydrogen (secondary N) is 1. The summed E-state index contributed by atoms with van der Waals surface area (Å²) in [5.74, 6) is 1.73. The van der Waals surface area contributed by atoms with Crippen LogP contribution >= 0.6 is 0 Å². The molecule has 1 atom stereocenters. The molecule has 6 heteroatoms. The predicted molar refractivity (Wildman–Crippen MR) is 82.8 cm³/mol. The molecule has 6 nitrogen and oxygen atoms in total. The Morgan fingerprint density at radius 1 is 1.41 bits per heavy atom. The second-order valence-corrected chi connectivity index (χ2v) is 6.15. The highest BCUT2D eigenvalue weighted by atomic mass is 16.5. The quantitative estimate of drug-likeness (QED) is 0.939. The molecule has 3 heterocycles. The normalized spacial score (nSPS) is 19.5. The third-order valence-electron chi connectivity index (χ3n) is 4.41. The minimum Gasteiger partial charge on any atom is -0.363 e. The molecule has 1 unspecified atom stereocenters. The monoisotopic (exact) mass is 302 g/mol. The van der Waals surface area contributed by atoms with Gasteiger partial charge in [0, 0.05) is 48.9 Å². The van der Waals surface area contributed by atoms with E-state index in [0.717, 1.165) is 55.1 Å². The van der Waals surface area contributed by atoms with Crippen LogP contribution in [0.2, 0.25) is 0 Å². The van der Waals surface area contributed by atoms with Gasteiger partial charge in [0.05, 0.1) is 0 Å². The summed E-state index contributed by atoms with van der Waals surface area (Å²) in [6, 6.07) is 0. The van der Waals surface area contributed by atoms with Crippen LogP contribution in [0.5, 0.6) is 0 Å². The molecule has 1 N–H and O–H groups in total. The standard InChI is InChI=1S/C16H22N4O2/c1-10-7-17-14(11(2)15(10)21)9-20-6-4-5-13(8-20)16-18-12(3)22-19-16/h7,13H,4-6,8-9H2,1-3H3,(H,17,21). The van der Waals surface area contributed by atoms with Crippen molar-refractivity contribution in [3.05, 3.63) is 45.0 Å². The lowest BCUT2D eigenvalue weighted by Crippen LogP contribution is -2.35. The molecule has 1 fully saturated rings. The highest BCUT2D eigenvalue weighted by Gasteiger charge is 2.25. The minimum absolute atomic E-state index is 0.135. The maximum absolute atomic E-state index is 12.0. The number of aromatic nitrogens is 3. The van der Waals surface area contributed by atoms with Crippen LogP contribution in [0.25, 0.3) is 0 Å². The molecule has 0 aromatic carbocycles. The fourth-order valence-electron chi connectivity index (χ4n) is 3.08. The highest BCUT2D eigenvalue weighted by molar-refractivity contribution is 5.23. The average molecular weight is 302 g/mol. The predicted octanol–water partition coefficient (Wildman–Crippen LogP) is 2.06. The molecule has 118 valence electrons. The summed E-state index contributed by atoms with van der Waals surface area (Å²) in [6.07, 6.45) is 3.99. The van der Waals surface area contributed by atoms with Gasteiger partial charge >= 0.3 is 0 Å². The van der Waals surface area contributed by atoms with Crippen molar-refractivity contribution in [1.82, 2.24) is 20.0 Å². The summed E-state index contributed by atoms with van der Waals surface area (Å²) in [6.45, 7) is 8.24. The first kappa shape index (κ1) is 15.0. The molecule has 0 saturated carbocycles. The summed E-state index contributed by atoms with van der Waals surface area (Å²) in [5.41, 5.74) is 2.72. The molecule has 3 rings (SSSR count). The molecule has 1 aliphatic rings. The van der Waals surface area contributed by atoms with E-state index in [9.17, 15) is 4.79 Å². The molecule has 2 aromatic rings. The number of hydrogen-bond acceptors (Lipinski definition) is 5. The highest BCUT2D eigenvalue weighted by Crippen LogP contribution is 2.25. The lowest BCUT2D eigenvalue weighted by Gasteiger charge is -2.31. The fraction of sp³-hybridized carbons (Fsp3) is 0.562. The second-order valence-electron chi connectivity index (χ2n) is 6.15. The smallest absolute Gasteiger partial charge is 0.223 e.